The molecule has 11 aromatic carbocycles. The van der Waals surface area contributed by atoms with Crippen molar-refractivity contribution < 1.29 is 4.42 Å². The van der Waals surface area contributed by atoms with Gasteiger partial charge in [-0.3, -0.25) is 0 Å². The molecule has 0 aliphatic rings. The minimum Gasteiger partial charge on any atom is -0.455 e. The van der Waals surface area contributed by atoms with Gasteiger partial charge in [0.1, 0.15) is 11.2 Å². The lowest BCUT2D eigenvalue weighted by atomic mass is 9.91. The van der Waals surface area contributed by atoms with Crippen LogP contribution in [0, 0.1) is 0 Å². The molecule has 0 saturated carbocycles. The third-order valence-corrected chi connectivity index (χ3v) is 12.7. The maximum Gasteiger partial charge on any atom is 0.143 e. The van der Waals surface area contributed by atoms with Crippen molar-refractivity contribution >= 4 is 60.5 Å². The largest absolute Gasteiger partial charge is 0.455 e. The van der Waals surface area contributed by atoms with Gasteiger partial charge in [0.25, 0.3) is 0 Å². The lowest BCUT2D eigenvalue weighted by Gasteiger charge is -2.26. The number of hydrogen-bond donors (Lipinski definition) is 0. The van der Waals surface area contributed by atoms with E-state index in [4.69, 9.17) is 4.42 Å². The summed E-state index contributed by atoms with van der Waals surface area (Å²) in [5.74, 6) is 0. The van der Waals surface area contributed by atoms with Crippen LogP contribution in [0.15, 0.2) is 253 Å². The molecule has 12 rings (SSSR count). The zero-order valence-corrected chi connectivity index (χ0v) is 35.0. The number of para-hydroxylation sites is 2. The molecule has 0 amide bonds. The second kappa shape index (κ2) is 15.8. The van der Waals surface area contributed by atoms with Crippen LogP contribution in [0.1, 0.15) is 0 Å². The van der Waals surface area contributed by atoms with Gasteiger partial charge in [-0.25, -0.2) is 0 Å². The quantitative estimate of drug-likeness (QED) is 0.152. The summed E-state index contributed by atoms with van der Waals surface area (Å²) in [5.41, 5.74) is 16.8. The van der Waals surface area contributed by atoms with Gasteiger partial charge >= 0.3 is 0 Å². The van der Waals surface area contributed by atoms with Crippen molar-refractivity contribution in [3.8, 4) is 55.6 Å². The van der Waals surface area contributed by atoms with Crippen LogP contribution in [0.3, 0.4) is 0 Å². The van der Waals surface area contributed by atoms with E-state index < -0.39 is 0 Å². The Bertz CT molecular complexity index is 3650. The van der Waals surface area contributed by atoms with E-state index in [0.29, 0.717) is 0 Å². The second-order valence-corrected chi connectivity index (χ2v) is 16.5. The van der Waals surface area contributed by atoms with Crippen molar-refractivity contribution in [2.24, 2.45) is 0 Å². The number of hydrogen-bond acceptors (Lipinski definition) is 2. The Morgan fingerprint density at radius 1 is 0.250 bits per heavy atom. The lowest BCUT2D eigenvalue weighted by molar-refractivity contribution is 0.670. The Labute approximate surface area is 372 Å². The molecule has 0 aliphatic heterocycles. The molecule has 0 unspecified atom stereocenters. The van der Waals surface area contributed by atoms with Crippen LogP contribution in [0.25, 0.3) is 99.1 Å². The van der Waals surface area contributed by atoms with Crippen molar-refractivity contribution in [3.63, 3.8) is 0 Å². The number of nitrogens with zero attached hydrogens (tertiary/aromatic N) is 1. The summed E-state index contributed by atoms with van der Waals surface area (Å²) >= 11 is 0. The molecule has 0 atom stereocenters. The van der Waals surface area contributed by atoms with Crippen LogP contribution in [0.4, 0.5) is 17.1 Å². The highest BCUT2D eigenvalue weighted by atomic mass is 16.3. The Kier molecular flexibility index (Phi) is 9.20. The van der Waals surface area contributed by atoms with Crippen molar-refractivity contribution in [2.75, 3.05) is 4.90 Å². The van der Waals surface area contributed by atoms with Crippen molar-refractivity contribution in [1.29, 1.82) is 0 Å². The fraction of sp³-hybridized carbons (Fsp3) is 0. The van der Waals surface area contributed by atoms with Crippen LogP contribution in [-0.2, 0) is 0 Å². The number of furan rings is 1. The molecular formula is C62H41NO. The highest BCUT2D eigenvalue weighted by molar-refractivity contribution is 6.09. The molecule has 0 fully saturated rings. The summed E-state index contributed by atoms with van der Waals surface area (Å²) in [5, 5.41) is 7.25. The molecule has 1 heterocycles. The predicted octanol–water partition coefficient (Wildman–Crippen LogP) is 17.7. The number of rotatable bonds is 8. The molecule has 2 nitrogen and oxygen atoms in total. The Morgan fingerprint density at radius 2 is 0.750 bits per heavy atom. The Morgan fingerprint density at radius 3 is 1.55 bits per heavy atom. The van der Waals surface area contributed by atoms with E-state index in [1.54, 1.807) is 0 Å². The molecule has 12 aromatic rings. The van der Waals surface area contributed by atoms with E-state index in [0.717, 1.165) is 61.3 Å². The first kappa shape index (κ1) is 37.3. The van der Waals surface area contributed by atoms with E-state index in [1.165, 1.54) is 54.9 Å². The second-order valence-electron chi connectivity index (χ2n) is 16.5. The Hall–Kier alpha value is -8.46. The minimum absolute atomic E-state index is 0.903. The molecule has 0 N–H and O–H groups in total. The maximum absolute atomic E-state index is 6.44. The normalized spacial score (nSPS) is 11.4. The van der Waals surface area contributed by atoms with Gasteiger partial charge in [0.15, 0.2) is 0 Å². The molecule has 1 aromatic heterocycles. The van der Waals surface area contributed by atoms with Gasteiger partial charge < -0.3 is 9.32 Å². The standard InChI is InChI=1S/C62H41NO/c1-2-14-48-40-50(31-28-42(48)12-1)44-32-36-51(37-33-44)63(52-38-34-47(35-39-52)56-22-11-24-60-59-21-7-8-25-61(59)64-62(56)60)53-17-9-16-49(41-53)43-26-29-46(30-27-43)55-19-5-6-20-57(55)58-23-10-15-45-13-3-4-18-54(45)58/h1-41H. The molecule has 0 saturated heterocycles. The summed E-state index contributed by atoms with van der Waals surface area (Å²) in [6.07, 6.45) is 0. The lowest BCUT2D eigenvalue weighted by Crippen LogP contribution is -2.10. The third kappa shape index (κ3) is 6.70. The average Bonchev–Trinajstić information content (AvgIpc) is 3.76. The van der Waals surface area contributed by atoms with Gasteiger partial charge in [0, 0.05) is 33.4 Å². The van der Waals surface area contributed by atoms with Crippen molar-refractivity contribution in [1.82, 2.24) is 0 Å². The number of benzene rings is 11. The topological polar surface area (TPSA) is 16.4 Å². The molecule has 300 valence electrons. The first-order chi connectivity index (χ1) is 31.7. The Balaban J connectivity index is 0.915. The number of anilines is 3. The highest BCUT2D eigenvalue weighted by Gasteiger charge is 2.17. The maximum atomic E-state index is 6.44. The minimum atomic E-state index is 0.903. The SMILES string of the molecule is c1cc(-c2ccc(-c3ccccc3-c3cccc4ccccc34)cc2)cc(N(c2ccc(-c3ccc4ccccc4c3)cc2)c2ccc(-c3cccc4c3oc3ccccc34)cc2)c1. The van der Waals surface area contributed by atoms with Crippen LogP contribution in [-0.4, -0.2) is 0 Å². The first-order valence-corrected chi connectivity index (χ1v) is 21.9. The van der Waals surface area contributed by atoms with Gasteiger partial charge in [0.05, 0.1) is 0 Å². The van der Waals surface area contributed by atoms with Gasteiger partial charge in [-0.15, -0.1) is 0 Å². The van der Waals surface area contributed by atoms with Crippen LogP contribution in [0.5, 0.6) is 0 Å². The predicted molar refractivity (Wildman–Crippen MR) is 271 cm³/mol. The van der Waals surface area contributed by atoms with Gasteiger partial charge in [-0.2, -0.15) is 0 Å². The average molecular weight is 816 g/mol. The molecule has 0 bridgehead atoms. The highest BCUT2D eigenvalue weighted by Crippen LogP contribution is 2.42. The molecule has 0 radical (unpaired) electrons. The van der Waals surface area contributed by atoms with Gasteiger partial charge in [-0.1, -0.05) is 200 Å². The molecule has 2 heteroatoms. The van der Waals surface area contributed by atoms with Crippen molar-refractivity contribution in [2.45, 2.75) is 0 Å². The van der Waals surface area contributed by atoms with E-state index >= 15 is 0 Å². The monoisotopic (exact) mass is 815 g/mol. The fourth-order valence-corrected chi connectivity index (χ4v) is 9.48. The zero-order chi connectivity index (χ0) is 42.4. The van der Waals surface area contributed by atoms with E-state index in [9.17, 15) is 0 Å². The summed E-state index contributed by atoms with van der Waals surface area (Å²) in [4.78, 5) is 2.36. The van der Waals surface area contributed by atoms with Crippen molar-refractivity contribution in [3.05, 3.63) is 249 Å². The van der Waals surface area contributed by atoms with E-state index in [2.05, 4.69) is 241 Å². The summed E-state index contributed by atoms with van der Waals surface area (Å²) in [6, 6.07) is 89.6. The van der Waals surface area contributed by atoms with Gasteiger partial charge in [-0.05, 0) is 120 Å². The molecule has 0 aliphatic carbocycles. The summed E-state index contributed by atoms with van der Waals surface area (Å²) < 4.78 is 6.44. The summed E-state index contributed by atoms with van der Waals surface area (Å²) in [6.45, 7) is 0. The zero-order valence-electron chi connectivity index (χ0n) is 35.0. The van der Waals surface area contributed by atoms with Crippen LogP contribution in [0.2, 0.25) is 0 Å². The van der Waals surface area contributed by atoms with Crippen LogP contribution >= 0.6 is 0 Å². The summed E-state index contributed by atoms with van der Waals surface area (Å²) in [7, 11) is 0. The third-order valence-electron chi connectivity index (χ3n) is 12.7. The molecule has 0 spiro atoms. The fourth-order valence-electron chi connectivity index (χ4n) is 9.48. The first-order valence-electron chi connectivity index (χ1n) is 21.9. The number of fused-ring (bicyclic) bond motifs is 5. The molecule has 64 heavy (non-hydrogen) atoms. The van der Waals surface area contributed by atoms with Gasteiger partial charge in [0.2, 0.25) is 0 Å². The van der Waals surface area contributed by atoms with E-state index in [-0.39, 0.29) is 0 Å². The van der Waals surface area contributed by atoms with Crippen LogP contribution < -0.4 is 4.90 Å². The van der Waals surface area contributed by atoms with E-state index in [1.807, 2.05) is 12.1 Å². The molecular weight excluding hydrogens is 775 g/mol. The smallest absolute Gasteiger partial charge is 0.143 e.